The molecule has 1 aliphatic rings. The maximum atomic E-state index is 11.8. The topological polar surface area (TPSA) is 63.2 Å². The zero-order valence-electron chi connectivity index (χ0n) is 12.5. The van der Waals surface area contributed by atoms with Gasteiger partial charge in [-0.2, -0.15) is 0 Å². The van der Waals surface area contributed by atoms with Gasteiger partial charge in [-0.05, 0) is 37.6 Å². The fourth-order valence-corrected chi connectivity index (χ4v) is 2.77. The molecule has 1 aromatic heterocycles. The molecule has 0 bridgehead atoms. The Morgan fingerprint density at radius 3 is 3.14 bits per heavy atom. The molecule has 1 aromatic carbocycles. The van der Waals surface area contributed by atoms with E-state index in [2.05, 4.69) is 15.6 Å². The van der Waals surface area contributed by atoms with Gasteiger partial charge in [-0.25, -0.2) is 0 Å². The van der Waals surface area contributed by atoms with E-state index in [1.165, 1.54) is 0 Å². The van der Waals surface area contributed by atoms with E-state index in [1.54, 1.807) is 6.20 Å². The number of para-hydroxylation sites is 1. The highest BCUT2D eigenvalue weighted by molar-refractivity contribution is 5.84. The second-order valence-corrected chi connectivity index (χ2v) is 5.59. The Morgan fingerprint density at radius 2 is 2.27 bits per heavy atom. The Bertz CT molecular complexity index is 633. The third-order valence-electron chi connectivity index (χ3n) is 3.91. The summed E-state index contributed by atoms with van der Waals surface area (Å²) in [6.45, 7) is 2.94. The smallest absolute Gasteiger partial charge is 0.220 e. The summed E-state index contributed by atoms with van der Waals surface area (Å²) in [5, 5.41) is 7.24. The molecule has 1 saturated heterocycles. The van der Waals surface area contributed by atoms with Gasteiger partial charge in [0.2, 0.25) is 5.91 Å². The molecule has 0 radical (unpaired) electrons. The molecule has 2 heterocycles. The van der Waals surface area contributed by atoms with Crippen molar-refractivity contribution in [1.29, 1.82) is 0 Å². The summed E-state index contributed by atoms with van der Waals surface area (Å²) in [4.78, 5) is 16.2. The minimum Gasteiger partial charge on any atom is -0.489 e. The molecule has 2 N–H and O–H groups in total. The van der Waals surface area contributed by atoms with Gasteiger partial charge in [-0.15, -0.1) is 0 Å². The summed E-state index contributed by atoms with van der Waals surface area (Å²) >= 11 is 0. The average Bonchev–Trinajstić information content (AvgIpc) is 3.04. The molecule has 5 nitrogen and oxygen atoms in total. The van der Waals surface area contributed by atoms with E-state index < -0.39 is 0 Å². The van der Waals surface area contributed by atoms with E-state index >= 15 is 0 Å². The van der Waals surface area contributed by atoms with E-state index in [4.69, 9.17) is 4.74 Å². The second-order valence-electron chi connectivity index (χ2n) is 5.59. The molecule has 0 saturated carbocycles. The lowest BCUT2D eigenvalue weighted by atomic mass is 10.0. The number of nitrogens with one attached hydrogen (secondary N) is 2. The van der Waals surface area contributed by atoms with Gasteiger partial charge in [0.25, 0.3) is 0 Å². The highest BCUT2D eigenvalue weighted by Gasteiger charge is 2.17. The minimum absolute atomic E-state index is 0.105. The number of fused-ring (bicyclic) bond motifs is 1. The Balaban J connectivity index is 1.45. The third kappa shape index (κ3) is 3.74. The predicted molar refractivity (Wildman–Crippen MR) is 85.8 cm³/mol. The first-order chi connectivity index (χ1) is 10.8. The molecule has 3 rings (SSSR count). The van der Waals surface area contributed by atoms with Crippen molar-refractivity contribution >= 4 is 16.8 Å². The summed E-state index contributed by atoms with van der Waals surface area (Å²) in [6.07, 6.45) is 3.45. The van der Waals surface area contributed by atoms with Crippen molar-refractivity contribution in [2.45, 2.75) is 12.8 Å². The number of hydrogen-bond acceptors (Lipinski definition) is 4. The summed E-state index contributed by atoms with van der Waals surface area (Å²) in [6, 6.07) is 9.77. The highest BCUT2D eigenvalue weighted by atomic mass is 16.5. The Labute approximate surface area is 130 Å². The summed E-state index contributed by atoms with van der Waals surface area (Å²) in [5.41, 5.74) is 0.855. The number of nitrogens with zero attached hydrogens (tertiary/aromatic N) is 1. The molecular formula is C17H21N3O2. The molecule has 0 spiro atoms. The quantitative estimate of drug-likeness (QED) is 0.797. The molecular weight excluding hydrogens is 278 g/mol. The monoisotopic (exact) mass is 299 g/mol. The number of aromatic nitrogens is 1. The number of ether oxygens (including phenoxy) is 1. The van der Waals surface area contributed by atoms with Crippen LogP contribution in [0.3, 0.4) is 0 Å². The van der Waals surface area contributed by atoms with Gasteiger partial charge in [0.1, 0.15) is 17.9 Å². The number of rotatable bonds is 6. The van der Waals surface area contributed by atoms with Gasteiger partial charge < -0.3 is 15.4 Å². The van der Waals surface area contributed by atoms with Crippen LogP contribution in [0.5, 0.6) is 5.75 Å². The number of hydrogen-bond donors (Lipinski definition) is 2. The standard InChI is InChI=1S/C17H21N3O2/c21-16(11-13-6-8-18-12-13)19-9-10-22-15-5-1-3-14-4-2-7-20-17(14)15/h1-5,7,13,18H,6,8-12H2,(H,19,21)/t13-/m0/s1. The first-order valence-electron chi connectivity index (χ1n) is 7.77. The lowest BCUT2D eigenvalue weighted by Crippen LogP contribution is -2.30. The van der Waals surface area contributed by atoms with Gasteiger partial charge in [0.05, 0.1) is 6.54 Å². The normalized spacial score (nSPS) is 17.5. The van der Waals surface area contributed by atoms with Crippen molar-refractivity contribution in [3.8, 4) is 5.75 Å². The van der Waals surface area contributed by atoms with Crippen LogP contribution in [0.1, 0.15) is 12.8 Å². The molecule has 5 heteroatoms. The van der Waals surface area contributed by atoms with E-state index in [-0.39, 0.29) is 5.91 Å². The summed E-state index contributed by atoms with van der Waals surface area (Å²) in [5.74, 6) is 1.34. The number of pyridine rings is 1. The van der Waals surface area contributed by atoms with E-state index in [0.717, 1.165) is 36.2 Å². The van der Waals surface area contributed by atoms with Gasteiger partial charge >= 0.3 is 0 Å². The minimum atomic E-state index is 0.105. The number of amides is 1. The van der Waals surface area contributed by atoms with Crippen LogP contribution in [-0.2, 0) is 4.79 Å². The molecule has 1 fully saturated rings. The highest BCUT2D eigenvalue weighted by Crippen LogP contribution is 2.22. The maximum Gasteiger partial charge on any atom is 0.220 e. The number of carbonyl (C=O) groups is 1. The van der Waals surface area contributed by atoms with E-state index in [1.807, 2.05) is 30.3 Å². The van der Waals surface area contributed by atoms with E-state index in [0.29, 0.717) is 25.5 Å². The molecule has 1 atom stereocenters. The lowest BCUT2D eigenvalue weighted by Gasteiger charge is -2.11. The first kappa shape index (κ1) is 14.8. The van der Waals surface area contributed by atoms with Crippen molar-refractivity contribution in [2.75, 3.05) is 26.2 Å². The lowest BCUT2D eigenvalue weighted by molar-refractivity contribution is -0.122. The zero-order chi connectivity index (χ0) is 15.2. The molecule has 2 aromatic rings. The van der Waals surface area contributed by atoms with Gasteiger partial charge in [0.15, 0.2) is 0 Å². The summed E-state index contributed by atoms with van der Waals surface area (Å²) < 4.78 is 5.75. The zero-order valence-corrected chi connectivity index (χ0v) is 12.5. The number of carbonyl (C=O) groups excluding carboxylic acids is 1. The Hall–Kier alpha value is -2.14. The van der Waals surface area contributed by atoms with Crippen molar-refractivity contribution in [2.24, 2.45) is 5.92 Å². The van der Waals surface area contributed by atoms with Crippen LogP contribution in [0.2, 0.25) is 0 Å². The molecule has 0 aliphatic carbocycles. The van der Waals surface area contributed by atoms with Crippen molar-refractivity contribution in [1.82, 2.24) is 15.6 Å². The third-order valence-corrected chi connectivity index (χ3v) is 3.91. The Kier molecular flexibility index (Phi) is 4.85. The first-order valence-corrected chi connectivity index (χ1v) is 7.77. The van der Waals surface area contributed by atoms with Crippen LogP contribution in [0.15, 0.2) is 36.5 Å². The molecule has 0 unspecified atom stereocenters. The van der Waals surface area contributed by atoms with Crippen LogP contribution in [-0.4, -0.2) is 37.1 Å². The fraction of sp³-hybridized carbons (Fsp3) is 0.412. The second kappa shape index (κ2) is 7.22. The maximum absolute atomic E-state index is 11.8. The van der Waals surface area contributed by atoms with Crippen molar-refractivity contribution in [3.63, 3.8) is 0 Å². The molecule has 1 aliphatic heterocycles. The van der Waals surface area contributed by atoms with Gasteiger partial charge in [-0.3, -0.25) is 9.78 Å². The SMILES string of the molecule is O=C(C[C@@H]1CCNC1)NCCOc1cccc2cccnc12. The fourth-order valence-electron chi connectivity index (χ4n) is 2.77. The van der Waals surface area contributed by atoms with Gasteiger partial charge in [-0.1, -0.05) is 18.2 Å². The van der Waals surface area contributed by atoms with Crippen molar-refractivity contribution < 1.29 is 9.53 Å². The molecule has 22 heavy (non-hydrogen) atoms. The summed E-state index contributed by atoms with van der Waals surface area (Å²) in [7, 11) is 0. The molecule has 116 valence electrons. The van der Waals surface area contributed by atoms with E-state index in [9.17, 15) is 4.79 Å². The predicted octanol–water partition coefficient (Wildman–Crippen LogP) is 1.73. The largest absolute Gasteiger partial charge is 0.489 e. The average molecular weight is 299 g/mol. The van der Waals surface area contributed by atoms with Crippen LogP contribution < -0.4 is 15.4 Å². The van der Waals surface area contributed by atoms with Crippen LogP contribution in [0.25, 0.3) is 10.9 Å². The van der Waals surface area contributed by atoms with Crippen molar-refractivity contribution in [3.05, 3.63) is 36.5 Å². The van der Waals surface area contributed by atoms with Gasteiger partial charge in [0, 0.05) is 18.0 Å². The number of benzene rings is 1. The Morgan fingerprint density at radius 1 is 1.36 bits per heavy atom. The van der Waals surface area contributed by atoms with Crippen LogP contribution >= 0.6 is 0 Å². The molecule has 1 amide bonds. The van der Waals surface area contributed by atoms with Crippen LogP contribution in [0.4, 0.5) is 0 Å². The van der Waals surface area contributed by atoms with Crippen LogP contribution in [0, 0.1) is 5.92 Å².